The number of rotatable bonds is 17. The van der Waals surface area contributed by atoms with Crippen LogP contribution in [-0.2, 0) is 0 Å². The minimum atomic E-state index is 0.101. The van der Waals surface area contributed by atoms with E-state index in [4.69, 9.17) is 5.73 Å². The van der Waals surface area contributed by atoms with Crippen molar-refractivity contribution in [1.82, 2.24) is 10.2 Å². The van der Waals surface area contributed by atoms with E-state index in [1.54, 1.807) is 0 Å². The van der Waals surface area contributed by atoms with Gasteiger partial charge in [-0.3, -0.25) is 0 Å². The van der Waals surface area contributed by atoms with Crippen LogP contribution < -0.4 is 11.1 Å². The van der Waals surface area contributed by atoms with Gasteiger partial charge in [0.2, 0.25) is 0 Å². The minimum Gasteiger partial charge on any atom is -0.370 e. The lowest BCUT2D eigenvalue weighted by atomic mass is 10.0. The molecule has 0 bridgehead atoms. The summed E-state index contributed by atoms with van der Waals surface area (Å²) in [5.41, 5.74) is 5.98. The summed E-state index contributed by atoms with van der Waals surface area (Å²) in [7, 11) is 0. The summed E-state index contributed by atoms with van der Waals surface area (Å²) in [5.74, 6) is 0. The number of nitrogens with zero attached hydrogens (tertiary/aromatic N) is 1. The predicted octanol–water partition coefficient (Wildman–Crippen LogP) is 6.42. The van der Waals surface area contributed by atoms with Crippen LogP contribution >= 0.6 is 0 Å². The van der Waals surface area contributed by atoms with Crippen molar-refractivity contribution in [3.8, 4) is 0 Å². The van der Waals surface area contributed by atoms with Crippen LogP contribution in [-0.4, -0.2) is 17.2 Å². The highest BCUT2D eigenvalue weighted by molar-refractivity contribution is 4.95. The molecule has 3 heteroatoms. The molecule has 1 rings (SSSR count). The van der Waals surface area contributed by atoms with Gasteiger partial charge >= 0.3 is 0 Å². The summed E-state index contributed by atoms with van der Waals surface area (Å²) in [4.78, 5) is 2.22. The van der Waals surface area contributed by atoms with Gasteiger partial charge < -0.3 is 16.0 Å². The Labute approximate surface area is 163 Å². The quantitative estimate of drug-likeness (QED) is 0.231. The monoisotopic (exact) mass is 363 g/mol. The van der Waals surface area contributed by atoms with Crippen LogP contribution in [0.4, 0.5) is 0 Å². The molecule has 1 aliphatic rings. The van der Waals surface area contributed by atoms with Crippen LogP contribution in [0.5, 0.6) is 0 Å². The van der Waals surface area contributed by atoms with Gasteiger partial charge in [-0.15, -0.1) is 0 Å². The molecular weight excluding hydrogens is 318 g/mol. The van der Waals surface area contributed by atoms with Crippen molar-refractivity contribution in [2.24, 2.45) is 5.73 Å². The van der Waals surface area contributed by atoms with Crippen molar-refractivity contribution in [2.75, 3.05) is 0 Å². The first kappa shape index (κ1) is 23.1. The van der Waals surface area contributed by atoms with Crippen molar-refractivity contribution in [2.45, 2.75) is 122 Å². The third-order valence-electron chi connectivity index (χ3n) is 5.37. The van der Waals surface area contributed by atoms with Crippen molar-refractivity contribution < 1.29 is 0 Å². The molecule has 0 saturated carbocycles. The predicted molar refractivity (Wildman–Crippen MR) is 116 cm³/mol. The van der Waals surface area contributed by atoms with Gasteiger partial charge in [0.25, 0.3) is 0 Å². The van der Waals surface area contributed by atoms with Gasteiger partial charge in [-0.2, -0.15) is 0 Å². The Morgan fingerprint density at radius 1 is 0.885 bits per heavy atom. The van der Waals surface area contributed by atoms with Gasteiger partial charge in [0.1, 0.15) is 0 Å². The first-order valence-corrected chi connectivity index (χ1v) is 11.4. The lowest BCUT2D eigenvalue weighted by Gasteiger charge is -2.28. The van der Waals surface area contributed by atoms with E-state index in [-0.39, 0.29) is 6.17 Å². The number of hydrogen-bond acceptors (Lipinski definition) is 3. The molecule has 2 unspecified atom stereocenters. The molecule has 0 aromatic rings. The SMILES string of the molecule is CC/C=C/CCCCCCCCCCCCCCC1NC=CN1C(C)N. The van der Waals surface area contributed by atoms with E-state index in [1.165, 1.54) is 96.3 Å². The number of nitrogens with two attached hydrogens (primary N) is 1. The van der Waals surface area contributed by atoms with Gasteiger partial charge in [0.15, 0.2) is 0 Å². The van der Waals surface area contributed by atoms with Gasteiger partial charge in [-0.25, -0.2) is 0 Å². The van der Waals surface area contributed by atoms with E-state index in [1.807, 2.05) is 6.20 Å². The molecule has 0 spiro atoms. The van der Waals surface area contributed by atoms with Crippen molar-refractivity contribution in [3.63, 3.8) is 0 Å². The zero-order chi connectivity index (χ0) is 18.9. The lowest BCUT2D eigenvalue weighted by molar-refractivity contribution is 0.208. The minimum absolute atomic E-state index is 0.101. The molecule has 26 heavy (non-hydrogen) atoms. The molecule has 0 aromatic carbocycles. The second-order valence-corrected chi connectivity index (χ2v) is 7.89. The highest BCUT2D eigenvalue weighted by atomic mass is 15.3. The number of hydrogen-bond donors (Lipinski definition) is 2. The molecular formula is C23H45N3. The van der Waals surface area contributed by atoms with E-state index in [0.29, 0.717) is 6.17 Å². The summed E-state index contributed by atoms with van der Waals surface area (Å²) < 4.78 is 0. The maximum absolute atomic E-state index is 5.98. The Bertz CT molecular complexity index is 362. The Morgan fingerprint density at radius 3 is 1.96 bits per heavy atom. The van der Waals surface area contributed by atoms with Crippen molar-refractivity contribution >= 4 is 0 Å². The third-order valence-corrected chi connectivity index (χ3v) is 5.37. The Balaban J connectivity index is 1.77. The number of unbranched alkanes of at least 4 members (excludes halogenated alkanes) is 12. The summed E-state index contributed by atoms with van der Waals surface area (Å²) in [5, 5.41) is 3.40. The average Bonchev–Trinajstić information content (AvgIpc) is 3.10. The zero-order valence-electron chi connectivity index (χ0n) is 17.6. The molecule has 152 valence electrons. The summed E-state index contributed by atoms with van der Waals surface area (Å²) in [6.07, 6.45) is 29.8. The summed E-state index contributed by atoms with van der Waals surface area (Å²) >= 11 is 0. The summed E-state index contributed by atoms with van der Waals surface area (Å²) in [6, 6.07) is 0. The largest absolute Gasteiger partial charge is 0.370 e. The van der Waals surface area contributed by atoms with Gasteiger partial charge in [0, 0.05) is 12.4 Å². The molecule has 0 fully saturated rings. The first-order valence-electron chi connectivity index (χ1n) is 11.4. The maximum Gasteiger partial charge on any atom is 0.0995 e. The van der Waals surface area contributed by atoms with Crippen molar-refractivity contribution in [3.05, 3.63) is 24.6 Å². The molecule has 0 radical (unpaired) electrons. The fourth-order valence-corrected chi connectivity index (χ4v) is 3.73. The number of nitrogens with one attached hydrogen (secondary N) is 1. The molecule has 2 atom stereocenters. The van der Waals surface area contributed by atoms with E-state index in [0.717, 1.165) is 0 Å². The van der Waals surface area contributed by atoms with Gasteiger partial charge in [-0.05, 0) is 39.0 Å². The number of allylic oxidation sites excluding steroid dienone is 2. The molecule has 1 aliphatic heterocycles. The van der Waals surface area contributed by atoms with Gasteiger partial charge in [-0.1, -0.05) is 83.3 Å². The van der Waals surface area contributed by atoms with Gasteiger partial charge in [0.05, 0.1) is 12.3 Å². The van der Waals surface area contributed by atoms with Crippen LogP contribution in [0.2, 0.25) is 0 Å². The fourth-order valence-electron chi connectivity index (χ4n) is 3.73. The second kappa shape index (κ2) is 16.2. The van der Waals surface area contributed by atoms with E-state index in [2.05, 4.69) is 42.4 Å². The van der Waals surface area contributed by atoms with E-state index < -0.39 is 0 Å². The molecule has 0 aliphatic carbocycles. The molecule has 0 aromatic heterocycles. The molecule has 1 heterocycles. The van der Waals surface area contributed by atoms with Crippen LogP contribution in [0.1, 0.15) is 110 Å². The zero-order valence-corrected chi connectivity index (χ0v) is 17.6. The second-order valence-electron chi connectivity index (χ2n) is 7.89. The molecule has 3 nitrogen and oxygen atoms in total. The van der Waals surface area contributed by atoms with Crippen molar-refractivity contribution in [1.29, 1.82) is 0 Å². The van der Waals surface area contributed by atoms with Crippen LogP contribution in [0, 0.1) is 0 Å². The normalized spacial score (nSPS) is 18.0. The Hall–Kier alpha value is -0.960. The Kier molecular flexibility index (Phi) is 14.4. The summed E-state index contributed by atoms with van der Waals surface area (Å²) in [6.45, 7) is 4.26. The Morgan fingerprint density at radius 2 is 1.42 bits per heavy atom. The van der Waals surface area contributed by atoms with Crippen LogP contribution in [0.3, 0.4) is 0 Å². The molecule has 0 amide bonds. The fraction of sp³-hybridized carbons (Fsp3) is 0.826. The van der Waals surface area contributed by atoms with E-state index in [9.17, 15) is 0 Å². The van der Waals surface area contributed by atoms with E-state index >= 15 is 0 Å². The highest BCUT2D eigenvalue weighted by Gasteiger charge is 2.20. The van der Waals surface area contributed by atoms with Crippen LogP contribution in [0.25, 0.3) is 0 Å². The highest BCUT2D eigenvalue weighted by Crippen LogP contribution is 2.16. The molecule has 3 N–H and O–H groups in total. The smallest absolute Gasteiger partial charge is 0.0995 e. The first-order chi connectivity index (χ1) is 12.8. The third kappa shape index (κ3) is 11.6. The maximum atomic E-state index is 5.98. The standard InChI is InChI=1S/C23H45N3/c1-3-4-5-6-7-8-9-10-11-12-13-14-15-16-17-18-19-23-25-20-21-26(23)22(2)24/h4-5,20-23,25H,3,6-19,24H2,1-2H3/b5-4+. The average molecular weight is 364 g/mol. The lowest BCUT2D eigenvalue weighted by Crippen LogP contribution is -2.44. The molecule has 0 saturated heterocycles. The topological polar surface area (TPSA) is 41.3 Å². The van der Waals surface area contributed by atoms with Crippen LogP contribution in [0.15, 0.2) is 24.6 Å².